The van der Waals surface area contributed by atoms with Crippen molar-refractivity contribution < 1.29 is 0 Å². The Morgan fingerprint density at radius 2 is 2.10 bits per heavy atom. The molecule has 2 rings (SSSR count). The molecule has 0 saturated heterocycles. The Morgan fingerprint density at radius 3 is 2.65 bits per heavy atom. The molecule has 1 N–H and O–H groups in total. The van der Waals surface area contributed by atoms with Crippen LogP contribution in [0.15, 0.2) is 22.7 Å². The number of hydrogen-bond donors (Lipinski definition) is 1. The molecule has 0 fully saturated rings. The lowest BCUT2D eigenvalue weighted by Crippen LogP contribution is -2.20. The first-order chi connectivity index (χ1) is 9.43. The molecular weight excluding hydrogens is 361 g/mol. The zero-order valence-electron chi connectivity index (χ0n) is 11.5. The van der Waals surface area contributed by atoms with Crippen LogP contribution in [0.25, 0.3) is 0 Å². The van der Waals surface area contributed by atoms with E-state index in [-0.39, 0.29) is 6.04 Å². The normalized spacial score (nSPS) is 12.7. The third kappa shape index (κ3) is 3.19. The van der Waals surface area contributed by atoms with Gasteiger partial charge < -0.3 is 5.32 Å². The molecule has 20 heavy (non-hydrogen) atoms. The first-order valence-electron chi connectivity index (χ1n) is 6.24. The van der Waals surface area contributed by atoms with E-state index in [9.17, 15) is 0 Å². The summed E-state index contributed by atoms with van der Waals surface area (Å²) in [5.41, 5.74) is 2.97. The lowest BCUT2D eigenvalue weighted by atomic mass is 10.0. The highest BCUT2D eigenvalue weighted by Gasteiger charge is 2.19. The standard InChI is InChI=1S/C14H16BrCl2N3/c1-8-14(17)13(20(3)19-8)7-12(18-2)10-6-9(16)4-5-11(10)15/h4-6,12,18H,7H2,1-3H3. The van der Waals surface area contributed by atoms with E-state index in [4.69, 9.17) is 23.2 Å². The number of nitrogens with zero attached hydrogens (tertiary/aromatic N) is 2. The maximum absolute atomic E-state index is 6.32. The summed E-state index contributed by atoms with van der Waals surface area (Å²) in [7, 11) is 3.84. The van der Waals surface area contributed by atoms with Crippen molar-refractivity contribution in [2.24, 2.45) is 7.05 Å². The number of hydrogen-bond acceptors (Lipinski definition) is 2. The third-order valence-electron chi connectivity index (χ3n) is 3.34. The smallest absolute Gasteiger partial charge is 0.0847 e. The number of aryl methyl sites for hydroxylation is 2. The molecule has 1 heterocycles. The molecular formula is C14H16BrCl2N3. The molecule has 0 radical (unpaired) electrons. The van der Waals surface area contributed by atoms with E-state index in [2.05, 4.69) is 26.3 Å². The second-order valence-corrected chi connectivity index (χ2v) is 6.35. The van der Waals surface area contributed by atoms with Gasteiger partial charge in [0.1, 0.15) is 0 Å². The Morgan fingerprint density at radius 1 is 1.40 bits per heavy atom. The SMILES string of the molecule is CNC(Cc1c(Cl)c(C)nn1C)c1cc(Cl)ccc1Br. The van der Waals surface area contributed by atoms with Crippen LogP contribution < -0.4 is 5.32 Å². The molecule has 108 valence electrons. The first kappa shape index (κ1) is 15.8. The first-order valence-corrected chi connectivity index (χ1v) is 7.79. The van der Waals surface area contributed by atoms with Crippen LogP contribution in [0.1, 0.15) is 23.0 Å². The highest BCUT2D eigenvalue weighted by molar-refractivity contribution is 9.10. The van der Waals surface area contributed by atoms with Gasteiger partial charge in [-0.2, -0.15) is 5.10 Å². The van der Waals surface area contributed by atoms with E-state index in [0.29, 0.717) is 0 Å². The maximum atomic E-state index is 6.32. The molecule has 3 nitrogen and oxygen atoms in total. The summed E-state index contributed by atoms with van der Waals surface area (Å²) in [6.07, 6.45) is 0.742. The summed E-state index contributed by atoms with van der Waals surface area (Å²) in [5, 5.41) is 9.11. The van der Waals surface area contributed by atoms with E-state index in [0.717, 1.165) is 37.9 Å². The van der Waals surface area contributed by atoms with Crippen LogP contribution in [-0.4, -0.2) is 16.8 Å². The van der Waals surface area contributed by atoms with Gasteiger partial charge in [0.25, 0.3) is 0 Å². The zero-order chi connectivity index (χ0) is 14.9. The fraction of sp³-hybridized carbons (Fsp3) is 0.357. The van der Waals surface area contributed by atoms with E-state index < -0.39 is 0 Å². The summed E-state index contributed by atoms with van der Waals surface area (Å²) < 4.78 is 2.86. The van der Waals surface area contributed by atoms with Gasteiger partial charge in [0.2, 0.25) is 0 Å². The van der Waals surface area contributed by atoms with Crippen molar-refractivity contribution in [2.75, 3.05) is 7.05 Å². The van der Waals surface area contributed by atoms with Crippen LogP contribution in [0.3, 0.4) is 0 Å². The Kier molecular flexibility index (Phi) is 5.13. The molecule has 1 aromatic heterocycles. The minimum absolute atomic E-state index is 0.107. The van der Waals surface area contributed by atoms with Crippen molar-refractivity contribution in [1.82, 2.24) is 15.1 Å². The molecule has 0 aliphatic rings. The summed E-state index contributed by atoms with van der Waals surface area (Å²) in [6.45, 7) is 1.91. The number of nitrogens with one attached hydrogen (secondary N) is 1. The van der Waals surface area contributed by atoms with Gasteiger partial charge in [0.05, 0.1) is 16.4 Å². The summed E-state index contributed by atoms with van der Waals surface area (Å²) in [5.74, 6) is 0. The van der Waals surface area contributed by atoms with Crippen LogP contribution in [0.4, 0.5) is 0 Å². The predicted octanol–water partition coefficient (Wildman–Crippen LogP) is 4.30. The van der Waals surface area contributed by atoms with Gasteiger partial charge in [-0.25, -0.2) is 0 Å². The predicted molar refractivity (Wildman–Crippen MR) is 87.6 cm³/mol. The number of halogens is 3. The van der Waals surface area contributed by atoms with Crippen LogP contribution in [0, 0.1) is 6.92 Å². The number of rotatable bonds is 4. The quantitative estimate of drug-likeness (QED) is 0.861. The van der Waals surface area contributed by atoms with Crippen LogP contribution in [0.2, 0.25) is 10.0 Å². The van der Waals surface area contributed by atoms with Crippen LogP contribution in [-0.2, 0) is 13.5 Å². The van der Waals surface area contributed by atoms with Gasteiger partial charge in [-0.15, -0.1) is 0 Å². The van der Waals surface area contributed by atoms with Gasteiger partial charge in [-0.1, -0.05) is 39.1 Å². The highest BCUT2D eigenvalue weighted by Crippen LogP contribution is 2.31. The van der Waals surface area contributed by atoms with E-state index in [1.54, 1.807) is 0 Å². The van der Waals surface area contributed by atoms with Crippen molar-refractivity contribution >= 4 is 39.1 Å². The Labute approximate surface area is 137 Å². The van der Waals surface area contributed by atoms with Crippen molar-refractivity contribution in [1.29, 1.82) is 0 Å². The number of benzene rings is 1. The molecule has 0 amide bonds. The monoisotopic (exact) mass is 375 g/mol. The number of aromatic nitrogens is 2. The van der Waals surface area contributed by atoms with Gasteiger partial charge in [-0.3, -0.25) is 4.68 Å². The van der Waals surface area contributed by atoms with Gasteiger partial charge in [0.15, 0.2) is 0 Å². The van der Waals surface area contributed by atoms with Gasteiger partial charge in [-0.05, 0) is 37.7 Å². The Balaban J connectivity index is 2.36. The minimum atomic E-state index is 0.107. The van der Waals surface area contributed by atoms with Gasteiger partial charge in [0, 0.05) is 29.0 Å². The van der Waals surface area contributed by atoms with Gasteiger partial charge >= 0.3 is 0 Å². The molecule has 0 spiro atoms. The largest absolute Gasteiger partial charge is 0.313 e. The van der Waals surface area contributed by atoms with E-state index in [1.165, 1.54) is 0 Å². The maximum Gasteiger partial charge on any atom is 0.0847 e. The highest BCUT2D eigenvalue weighted by atomic mass is 79.9. The lowest BCUT2D eigenvalue weighted by Gasteiger charge is -2.19. The molecule has 2 aromatic rings. The van der Waals surface area contributed by atoms with Crippen molar-refractivity contribution in [3.8, 4) is 0 Å². The Hall–Kier alpha value is -0.550. The topological polar surface area (TPSA) is 29.9 Å². The average molecular weight is 377 g/mol. The molecule has 0 saturated carbocycles. The zero-order valence-corrected chi connectivity index (χ0v) is 14.6. The average Bonchev–Trinajstić information content (AvgIpc) is 2.65. The fourth-order valence-electron chi connectivity index (χ4n) is 2.24. The summed E-state index contributed by atoms with van der Waals surface area (Å²) >= 11 is 16.0. The molecule has 0 aliphatic heterocycles. The second kappa shape index (κ2) is 6.48. The molecule has 1 atom stereocenters. The molecule has 1 aromatic carbocycles. The third-order valence-corrected chi connectivity index (χ3v) is 4.79. The van der Waals surface area contributed by atoms with Crippen molar-refractivity contribution in [3.63, 3.8) is 0 Å². The second-order valence-electron chi connectivity index (χ2n) is 4.68. The van der Waals surface area contributed by atoms with Crippen molar-refractivity contribution in [2.45, 2.75) is 19.4 Å². The lowest BCUT2D eigenvalue weighted by molar-refractivity contribution is 0.559. The van der Waals surface area contributed by atoms with E-state index >= 15 is 0 Å². The molecule has 6 heteroatoms. The molecule has 0 bridgehead atoms. The summed E-state index contributed by atoms with van der Waals surface area (Å²) in [4.78, 5) is 0. The van der Waals surface area contributed by atoms with E-state index in [1.807, 2.05) is 43.9 Å². The van der Waals surface area contributed by atoms with Crippen LogP contribution >= 0.6 is 39.1 Å². The fourth-order valence-corrected chi connectivity index (χ4v) is 3.19. The number of likely N-dealkylation sites (N-methyl/N-ethyl adjacent to an activating group) is 1. The van der Waals surface area contributed by atoms with Crippen LogP contribution in [0.5, 0.6) is 0 Å². The van der Waals surface area contributed by atoms with Crippen molar-refractivity contribution in [3.05, 3.63) is 49.7 Å². The molecule has 0 aliphatic carbocycles. The Bertz CT molecular complexity index is 625. The summed E-state index contributed by atoms with van der Waals surface area (Å²) in [6, 6.07) is 5.89. The minimum Gasteiger partial charge on any atom is -0.313 e. The molecule has 1 unspecified atom stereocenters.